The van der Waals surface area contributed by atoms with E-state index in [-0.39, 0.29) is 28.3 Å². The zero-order valence-corrected chi connectivity index (χ0v) is 24.7. The average molecular weight is 500 g/mol. The topological polar surface area (TPSA) is 58.9 Å². The Morgan fingerprint density at radius 3 is 2.31 bits per heavy atom. The molecule has 7 atom stereocenters. The molecule has 0 spiro atoms. The lowest BCUT2D eigenvalue weighted by molar-refractivity contribution is -0.167. The lowest BCUT2D eigenvalue weighted by Crippen LogP contribution is -2.55. The molecule has 4 heteroatoms. The van der Waals surface area contributed by atoms with Crippen molar-refractivity contribution in [2.75, 3.05) is 0 Å². The van der Waals surface area contributed by atoms with Crippen LogP contribution in [0.15, 0.2) is 16.3 Å². The third-order valence-electron chi connectivity index (χ3n) is 12.4. The minimum absolute atomic E-state index is 0.00790. The first-order valence-corrected chi connectivity index (χ1v) is 14.8. The zero-order chi connectivity index (χ0) is 26.7. The van der Waals surface area contributed by atoms with Crippen molar-refractivity contribution in [3.63, 3.8) is 0 Å². The largest absolute Gasteiger partial charge is 0.462 e. The first-order chi connectivity index (χ1) is 16.7. The van der Waals surface area contributed by atoms with Gasteiger partial charge in [-0.25, -0.2) is 0 Å². The Morgan fingerprint density at radius 1 is 1.00 bits per heavy atom. The van der Waals surface area contributed by atoms with Gasteiger partial charge in [0.05, 0.1) is 5.71 Å². The van der Waals surface area contributed by atoms with Gasteiger partial charge in [0.1, 0.15) is 6.10 Å². The maximum Gasteiger partial charge on any atom is 0.302 e. The number of hydrogen-bond donors (Lipinski definition) is 1. The van der Waals surface area contributed by atoms with Crippen LogP contribution >= 0.6 is 0 Å². The second-order valence-corrected chi connectivity index (χ2v) is 14.6. The molecule has 0 saturated heterocycles. The molecule has 4 nitrogen and oxygen atoms in total. The van der Waals surface area contributed by atoms with E-state index in [1.165, 1.54) is 38.5 Å². The Morgan fingerprint density at radius 2 is 1.69 bits per heavy atom. The SMILES string of the molecule is CC(=O)O[C@@H]1CC[C@]2(C)C3=C(CC[C@@H]2C1(C)C)[C@]1(C)CC[C@H]([C@H](C)CC/C(=N\O)C(C)C)[C@]1(C)CC3. The summed E-state index contributed by atoms with van der Waals surface area (Å²) < 4.78 is 5.87. The van der Waals surface area contributed by atoms with E-state index in [0.29, 0.717) is 23.2 Å². The smallest absolute Gasteiger partial charge is 0.302 e. The molecule has 0 unspecified atom stereocenters. The molecular formula is C32H53NO3. The summed E-state index contributed by atoms with van der Waals surface area (Å²) in [6.07, 6.45) is 11.8. The maximum absolute atomic E-state index is 11.8. The molecule has 1 N–H and O–H groups in total. The van der Waals surface area contributed by atoms with Crippen molar-refractivity contribution in [2.24, 2.45) is 50.5 Å². The summed E-state index contributed by atoms with van der Waals surface area (Å²) in [6, 6.07) is 0. The summed E-state index contributed by atoms with van der Waals surface area (Å²) in [5.74, 6) is 2.11. The summed E-state index contributed by atoms with van der Waals surface area (Å²) in [6.45, 7) is 20.8. The van der Waals surface area contributed by atoms with Gasteiger partial charge in [0.2, 0.25) is 0 Å². The number of hydrogen-bond acceptors (Lipinski definition) is 4. The highest BCUT2D eigenvalue weighted by Gasteiger charge is 2.63. The summed E-state index contributed by atoms with van der Waals surface area (Å²) in [5.41, 5.74) is 5.41. The monoisotopic (exact) mass is 499 g/mol. The lowest BCUT2D eigenvalue weighted by atomic mass is 9.43. The lowest BCUT2D eigenvalue weighted by Gasteiger charge is -2.62. The van der Waals surface area contributed by atoms with Gasteiger partial charge in [-0.15, -0.1) is 0 Å². The predicted octanol–water partition coefficient (Wildman–Crippen LogP) is 8.57. The van der Waals surface area contributed by atoms with Gasteiger partial charge in [-0.2, -0.15) is 0 Å². The van der Waals surface area contributed by atoms with E-state index in [2.05, 4.69) is 60.5 Å². The Labute approximate surface area is 220 Å². The van der Waals surface area contributed by atoms with Gasteiger partial charge >= 0.3 is 5.97 Å². The second kappa shape index (κ2) is 9.45. The molecule has 4 aliphatic carbocycles. The third-order valence-corrected chi connectivity index (χ3v) is 12.4. The maximum atomic E-state index is 11.8. The third kappa shape index (κ3) is 4.08. The van der Waals surface area contributed by atoms with Crippen LogP contribution in [-0.2, 0) is 9.53 Å². The van der Waals surface area contributed by atoms with Crippen LogP contribution in [0.4, 0.5) is 0 Å². The first kappa shape index (κ1) is 27.7. The van der Waals surface area contributed by atoms with Gasteiger partial charge in [-0.1, -0.05) is 71.7 Å². The van der Waals surface area contributed by atoms with Crippen LogP contribution in [0.25, 0.3) is 0 Å². The Balaban J connectivity index is 1.60. The Hall–Kier alpha value is -1.32. The van der Waals surface area contributed by atoms with Gasteiger partial charge in [0, 0.05) is 12.3 Å². The van der Waals surface area contributed by atoms with Crippen molar-refractivity contribution in [3.8, 4) is 0 Å². The average Bonchev–Trinajstić information content (AvgIpc) is 3.07. The number of fused-ring (bicyclic) bond motifs is 4. The van der Waals surface area contributed by atoms with Gasteiger partial charge in [-0.05, 0) is 104 Å². The van der Waals surface area contributed by atoms with Crippen LogP contribution in [0.5, 0.6) is 0 Å². The fourth-order valence-electron chi connectivity index (χ4n) is 10.1. The molecule has 204 valence electrons. The highest BCUT2D eigenvalue weighted by atomic mass is 16.5. The van der Waals surface area contributed by atoms with Crippen LogP contribution in [0.2, 0.25) is 0 Å². The molecule has 0 amide bonds. The molecular weight excluding hydrogens is 446 g/mol. The van der Waals surface area contributed by atoms with E-state index in [1.807, 2.05) is 5.57 Å². The molecule has 36 heavy (non-hydrogen) atoms. The molecule has 2 fully saturated rings. The Kier molecular flexibility index (Phi) is 7.28. The van der Waals surface area contributed by atoms with Crippen LogP contribution in [0.3, 0.4) is 0 Å². The molecule has 0 radical (unpaired) electrons. The molecule has 4 aliphatic rings. The molecule has 0 aromatic carbocycles. The van der Waals surface area contributed by atoms with Gasteiger partial charge in [0.25, 0.3) is 0 Å². The number of rotatable bonds is 6. The van der Waals surface area contributed by atoms with E-state index in [9.17, 15) is 10.0 Å². The quantitative estimate of drug-likeness (QED) is 0.131. The van der Waals surface area contributed by atoms with Gasteiger partial charge < -0.3 is 9.94 Å². The van der Waals surface area contributed by atoms with E-state index < -0.39 is 0 Å². The van der Waals surface area contributed by atoms with Crippen molar-refractivity contribution < 1.29 is 14.7 Å². The summed E-state index contributed by atoms with van der Waals surface area (Å²) in [5, 5.41) is 13.1. The van der Waals surface area contributed by atoms with Crippen molar-refractivity contribution in [1.82, 2.24) is 0 Å². The normalized spacial score (nSPS) is 40.9. The predicted molar refractivity (Wildman–Crippen MR) is 147 cm³/mol. The Bertz CT molecular complexity index is 932. The standard InChI is InChI=1S/C32H53NO3/c1-20(2)26(33-35)12-10-21(3)23-14-18-32(9)25-11-13-27-29(5,6)28(36-22(4)34)16-17-30(27,7)24(25)15-19-31(23,32)8/h20-21,23,27-28,35H,10-19H2,1-9H3/b33-26+/t21-,23-,27-,28-,30-,31+,32+/m1/s1. The molecule has 2 saturated carbocycles. The van der Waals surface area contributed by atoms with Crippen LogP contribution < -0.4 is 0 Å². The van der Waals surface area contributed by atoms with Crippen LogP contribution in [0.1, 0.15) is 127 Å². The molecule has 0 aliphatic heterocycles. The minimum atomic E-state index is -0.134. The molecule has 0 heterocycles. The number of allylic oxidation sites excluding steroid dienone is 2. The van der Waals surface area contributed by atoms with Crippen molar-refractivity contribution in [3.05, 3.63) is 11.1 Å². The summed E-state index contributed by atoms with van der Waals surface area (Å²) >= 11 is 0. The molecule has 4 rings (SSSR count). The first-order valence-electron chi connectivity index (χ1n) is 14.8. The van der Waals surface area contributed by atoms with Crippen molar-refractivity contribution >= 4 is 11.7 Å². The fraction of sp³-hybridized carbons (Fsp3) is 0.875. The van der Waals surface area contributed by atoms with E-state index in [4.69, 9.17) is 4.74 Å². The number of oxime groups is 1. The van der Waals surface area contributed by atoms with Gasteiger partial charge in [0.15, 0.2) is 0 Å². The number of ether oxygens (including phenoxy) is 1. The molecule has 0 aromatic heterocycles. The minimum Gasteiger partial charge on any atom is -0.462 e. The van der Waals surface area contributed by atoms with E-state index in [1.54, 1.807) is 12.5 Å². The highest BCUT2D eigenvalue weighted by Crippen LogP contribution is 2.72. The van der Waals surface area contributed by atoms with Crippen LogP contribution in [0, 0.1) is 45.3 Å². The molecule has 0 bridgehead atoms. The number of carbonyl (C=O) groups excluding carboxylic acids is 1. The zero-order valence-electron chi connectivity index (χ0n) is 24.7. The number of carbonyl (C=O) groups is 1. The summed E-state index contributed by atoms with van der Waals surface area (Å²) in [4.78, 5) is 11.8. The van der Waals surface area contributed by atoms with E-state index in [0.717, 1.165) is 37.3 Å². The highest BCUT2D eigenvalue weighted by molar-refractivity contribution is 5.85. The van der Waals surface area contributed by atoms with E-state index >= 15 is 0 Å². The fourth-order valence-corrected chi connectivity index (χ4v) is 10.1. The summed E-state index contributed by atoms with van der Waals surface area (Å²) in [7, 11) is 0. The van der Waals surface area contributed by atoms with Crippen LogP contribution in [-0.4, -0.2) is 23.0 Å². The van der Waals surface area contributed by atoms with Crippen molar-refractivity contribution in [1.29, 1.82) is 0 Å². The molecule has 0 aromatic rings. The second-order valence-electron chi connectivity index (χ2n) is 14.6. The van der Waals surface area contributed by atoms with Crippen molar-refractivity contribution in [2.45, 2.75) is 133 Å². The number of esters is 1. The number of nitrogens with zero attached hydrogens (tertiary/aromatic N) is 1. The van der Waals surface area contributed by atoms with Gasteiger partial charge in [-0.3, -0.25) is 4.79 Å².